The highest BCUT2D eigenvalue weighted by atomic mass is 79.9. The van der Waals surface area contributed by atoms with Gasteiger partial charge >= 0.3 is 0 Å². The molecule has 0 atom stereocenters. The summed E-state index contributed by atoms with van der Waals surface area (Å²) >= 11 is 0. The van der Waals surface area contributed by atoms with E-state index in [1.807, 2.05) is 0 Å². The maximum Gasteiger partial charge on any atom is 0.169 e. The summed E-state index contributed by atoms with van der Waals surface area (Å²) in [6.45, 7) is 11.2. The van der Waals surface area contributed by atoms with Crippen molar-refractivity contribution in [2.75, 3.05) is 0 Å². The van der Waals surface area contributed by atoms with Crippen molar-refractivity contribution in [2.45, 2.75) is 105 Å². The third kappa shape index (κ3) is 9.49. The van der Waals surface area contributed by atoms with Gasteiger partial charge in [0.15, 0.2) is 24.8 Å². The molecule has 0 aliphatic heterocycles. The average molecular weight is 608 g/mol. The van der Waals surface area contributed by atoms with Gasteiger partial charge in [0.1, 0.15) is 13.1 Å². The zero-order valence-corrected chi connectivity index (χ0v) is 25.4. The first kappa shape index (κ1) is 31.6. The first-order chi connectivity index (χ1) is 16.1. The van der Waals surface area contributed by atoms with Crippen molar-refractivity contribution in [3.05, 3.63) is 60.2 Å². The van der Waals surface area contributed by atoms with Gasteiger partial charge in [-0.3, -0.25) is 0 Å². The zero-order chi connectivity index (χ0) is 23.5. The first-order valence-electron chi connectivity index (χ1n) is 13.3. The lowest BCUT2D eigenvalue weighted by molar-refractivity contribution is -0.697. The molecule has 3 rings (SSSR count). The van der Waals surface area contributed by atoms with E-state index in [9.17, 15) is 0 Å². The second-order valence-electron chi connectivity index (χ2n) is 9.60. The molecule has 0 aliphatic rings. The van der Waals surface area contributed by atoms with Crippen LogP contribution in [0.3, 0.4) is 0 Å². The van der Waals surface area contributed by atoms with Crippen LogP contribution in [-0.2, 0) is 13.1 Å². The summed E-state index contributed by atoms with van der Waals surface area (Å²) in [6, 6.07) is 9.02. The number of hydrogen-bond donors (Lipinski definition) is 1. The summed E-state index contributed by atoms with van der Waals surface area (Å²) in [7, 11) is 0. The Hall–Kier alpha value is -1.46. The number of aromatic nitrogens is 3. The fraction of sp³-hybridized carbons (Fsp3) is 0.533. The predicted octanol–water partition coefficient (Wildman–Crippen LogP) is 1.49. The molecule has 0 aliphatic carbocycles. The van der Waals surface area contributed by atoms with E-state index in [0.29, 0.717) is 0 Å². The number of nitrogens with zero attached hydrogens (tertiary/aromatic N) is 2. The topological polar surface area (TPSA) is 23.5 Å². The third-order valence-electron chi connectivity index (χ3n) is 6.96. The van der Waals surface area contributed by atoms with Crippen molar-refractivity contribution in [2.24, 2.45) is 0 Å². The molecule has 0 saturated heterocycles. The van der Waals surface area contributed by atoms with Crippen LogP contribution in [0.15, 0.2) is 49.1 Å². The normalized spacial score (nSPS) is 10.6. The van der Waals surface area contributed by atoms with E-state index in [4.69, 9.17) is 0 Å². The summed E-state index contributed by atoms with van der Waals surface area (Å²) in [6.07, 6.45) is 22.2. The molecule has 35 heavy (non-hydrogen) atoms. The molecule has 0 spiro atoms. The van der Waals surface area contributed by atoms with Crippen LogP contribution in [0, 0.1) is 13.8 Å². The van der Waals surface area contributed by atoms with E-state index in [1.165, 1.54) is 97.8 Å². The highest BCUT2D eigenvalue weighted by molar-refractivity contribution is 5.74. The molecule has 0 unspecified atom stereocenters. The minimum absolute atomic E-state index is 0. The number of aromatic amines is 1. The standard InChI is InChI=1S/C30H44N3.2BrH/c1-5-7-9-11-13-19-32-21-15-27(16-22-32)29-25(3)26(4)30(31-29)28-17-23-33(24-18-28)20-14-12-10-8-6-2;;/h15-18,21-24H,5-14,19-20H2,1-4H3;2*1H/q+1;;/p-1. The van der Waals surface area contributed by atoms with Gasteiger partial charge in [0.05, 0.1) is 0 Å². The van der Waals surface area contributed by atoms with Crippen molar-refractivity contribution >= 4 is 0 Å². The maximum atomic E-state index is 3.74. The molecule has 3 aromatic heterocycles. The minimum atomic E-state index is 0. The lowest BCUT2D eigenvalue weighted by atomic mass is 10.0. The van der Waals surface area contributed by atoms with E-state index >= 15 is 0 Å². The van der Waals surface area contributed by atoms with Crippen molar-refractivity contribution in [1.29, 1.82) is 0 Å². The smallest absolute Gasteiger partial charge is 0.169 e. The van der Waals surface area contributed by atoms with Crippen LogP contribution in [0.2, 0.25) is 0 Å². The molecule has 194 valence electrons. The Bertz CT molecular complexity index is 885. The summed E-state index contributed by atoms with van der Waals surface area (Å²) < 4.78 is 4.64. The predicted molar refractivity (Wildman–Crippen MR) is 139 cm³/mol. The fourth-order valence-corrected chi connectivity index (χ4v) is 4.61. The van der Waals surface area contributed by atoms with Gasteiger partial charge in [0, 0.05) is 59.6 Å². The molecule has 0 amide bonds. The molecule has 3 nitrogen and oxygen atoms in total. The summed E-state index contributed by atoms with van der Waals surface area (Å²) in [4.78, 5) is 3.74. The second-order valence-corrected chi connectivity index (χ2v) is 9.60. The van der Waals surface area contributed by atoms with Crippen LogP contribution in [0.4, 0.5) is 0 Å². The van der Waals surface area contributed by atoms with Crippen LogP contribution < -0.4 is 43.1 Å². The summed E-state index contributed by atoms with van der Waals surface area (Å²) in [5.41, 5.74) is 7.70. The Morgan fingerprint density at radius 2 is 0.886 bits per heavy atom. The Morgan fingerprint density at radius 3 is 1.23 bits per heavy atom. The molecule has 0 aromatic carbocycles. The highest BCUT2D eigenvalue weighted by Crippen LogP contribution is 2.32. The Labute approximate surface area is 234 Å². The Kier molecular flexibility index (Phi) is 15.4. The van der Waals surface area contributed by atoms with E-state index < -0.39 is 0 Å². The van der Waals surface area contributed by atoms with Crippen LogP contribution in [0.5, 0.6) is 0 Å². The molecular weight excluding hydrogens is 562 g/mol. The van der Waals surface area contributed by atoms with Crippen LogP contribution in [-0.4, -0.2) is 4.98 Å². The summed E-state index contributed by atoms with van der Waals surface area (Å²) in [5, 5.41) is 0. The van der Waals surface area contributed by atoms with Crippen LogP contribution in [0.25, 0.3) is 22.5 Å². The quantitative estimate of drug-likeness (QED) is 0.212. The van der Waals surface area contributed by atoms with Crippen molar-refractivity contribution in [1.82, 2.24) is 4.98 Å². The minimum Gasteiger partial charge on any atom is -1.00 e. The van der Waals surface area contributed by atoms with Gasteiger partial charge in [-0.25, -0.2) is 9.13 Å². The molecule has 3 heterocycles. The van der Waals surface area contributed by atoms with Gasteiger partial charge in [-0.2, -0.15) is 0 Å². The van der Waals surface area contributed by atoms with Crippen molar-refractivity contribution < 1.29 is 43.1 Å². The fourth-order valence-electron chi connectivity index (χ4n) is 4.61. The van der Waals surface area contributed by atoms with Gasteiger partial charge in [-0.15, -0.1) is 0 Å². The monoisotopic (exact) mass is 605 g/mol. The largest absolute Gasteiger partial charge is 1.00 e. The third-order valence-corrected chi connectivity index (χ3v) is 6.96. The van der Waals surface area contributed by atoms with Crippen molar-refractivity contribution in [3.8, 4) is 22.5 Å². The van der Waals surface area contributed by atoms with E-state index in [2.05, 4.69) is 90.9 Å². The number of aryl methyl sites for hydroxylation is 2. The molecule has 1 N–H and O–H groups in total. The van der Waals surface area contributed by atoms with Gasteiger partial charge in [-0.05, 0) is 37.8 Å². The molecule has 0 saturated carbocycles. The molecule has 3 aromatic rings. The van der Waals surface area contributed by atoms with E-state index in [1.54, 1.807) is 0 Å². The molecule has 0 radical (unpaired) electrons. The summed E-state index contributed by atoms with van der Waals surface area (Å²) in [5.74, 6) is 0. The molecule has 5 heteroatoms. The Balaban J connectivity index is 0.00000306. The van der Waals surface area contributed by atoms with Crippen molar-refractivity contribution in [3.63, 3.8) is 0 Å². The highest BCUT2D eigenvalue weighted by Gasteiger charge is 2.15. The van der Waals surface area contributed by atoms with Gasteiger partial charge in [0.2, 0.25) is 0 Å². The molecule has 0 bridgehead atoms. The molecular formula is C30H45Br2N3. The van der Waals surface area contributed by atoms with Gasteiger partial charge < -0.3 is 38.9 Å². The second kappa shape index (κ2) is 17.1. The lowest BCUT2D eigenvalue weighted by Crippen LogP contribution is -3.00. The van der Waals surface area contributed by atoms with E-state index in [-0.39, 0.29) is 34.0 Å². The number of rotatable bonds is 14. The number of unbranched alkanes of at least 4 members (excludes halogenated alkanes) is 8. The maximum absolute atomic E-state index is 3.74. The van der Waals surface area contributed by atoms with Gasteiger partial charge in [-0.1, -0.05) is 52.4 Å². The number of pyridine rings is 2. The van der Waals surface area contributed by atoms with Crippen LogP contribution in [0.1, 0.15) is 89.2 Å². The number of hydrogen-bond acceptors (Lipinski definition) is 0. The molecule has 0 fully saturated rings. The number of halogens is 2. The van der Waals surface area contributed by atoms with Gasteiger partial charge in [0.25, 0.3) is 0 Å². The lowest BCUT2D eigenvalue weighted by Gasteiger charge is -2.02. The first-order valence-corrected chi connectivity index (χ1v) is 13.3. The van der Waals surface area contributed by atoms with Crippen LogP contribution >= 0.6 is 0 Å². The van der Waals surface area contributed by atoms with E-state index in [0.717, 1.165) is 13.1 Å². The average Bonchev–Trinajstić information content (AvgIpc) is 3.14. The SMILES string of the molecule is CCCCCCC[n+]1ccc(-c2[nH]c(-c3cc[n+](CCCCCCC)cc3)c(C)c2C)cc1.[Br-].[Br-]. The zero-order valence-electron chi connectivity index (χ0n) is 22.3. The number of nitrogens with one attached hydrogen (secondary N) is 1. The Morgan fingerprint density at radius 1 is 0.543 bits per heavy atom. The number of H-pyrrole nitrogens is 1.